The first-order valence-corrected chi connectivity index (χ1v) is 12.0. The summed E-state index contributed by atoms with van der Waals surface area (Å²) in [5.41, 5.74) is 1.65. The lowest BCUT2D eigenvalue weighted by Gasteiger charge is -2.39. The molecule has 0 aromatic carbocycles. The van der Waals surface area contributed by atoms with Gasteiger partial charge in [0.05, 0.1) is 0 Å². The molecule has 5 heteroatoms. The first-order valence-electron chi connectivity index (χ1n) is 6.80. The molecule has 0 amide bonds. The van der Waals surface area contributed by atoms with E-state index in [0.717, 1.165) is 11.6 Å². The van der Waals surface area contributed by atoms with Crippen LogP contribution in [0.25, 0.3) is 0 Å². The molecule has 0 aromatic heterocycles. The lowest BCUT2D eigenvalue weighted by molar-refractivity contribution is 0.224. The number of hydrogen-bond acceptors (Lipinski definition) is 3. The molecule has 3 atom stereocenters. The van der Waals surface area contributed by atoms with Gasteiger partial charge in [0, 0.05) is 32.5 Å². The monoisotopic (exact) mass is 286 g/mol. The van der Waals surface area contributed by atoms with E-state index in [2.05, 4.69) is 25.2 Å². The second kappa shape index (κ2) is 5.21. The maximum atomic E-state index is 6.00. The Morgan fingerprint density at radius 1 is 1.00 bits per heavy atom. The molecule has 0 heterocycles. The molecule has 0 N–H and O–H groups in total. The molecule has 0 spiro atoms. The number of hydrogen-bond donors (Lipinski definition) is 0. The minimum absolute atomic E-state index is 0.615. The van der Waals surface area contributed by atoms with Crippen LogP contribution in [0.1, 0.15) is 12.8 Å². The van der Waals surface area contributed by atoms with Gasteiger partial charge in [-0.2, -0.15) is 0 Å². The Hall–Kier alpha value is 0.0538. The largest absolute Gasteiger partial charge is 0.421 e. The average Bonchev–Trinajstić information content (AvgIpc) is 2.98. The zero-order valence-corrected chi connectivity index (χ0v) is 14.2. The predicted octanol–water partition coefficient (Wildman–Crippen LogP) is 3.08. The smallest absolute Gasteiger partial charge is 0.340 e. The highest BCUT2D eigenvalue weighted by Gasteiger charge is 2.55. The van der Waals surface area contributed by atoms with Gasteiger partial charge < -0.3 is 13.3 Å². The van der Waals surface area contributed by atoms with Gasteiger partial charge in [-0.3, -0.25) is 0 Å². The SMILES string of the molecule is CO[Si](C)(C)C[Si](OC)(OC)C1CC2C=CC1C2. The van der Waals surface area contributed by atoms with Crippen LogP contribution in [0, 0.1) is 11.8 Å². The summed E-state index contributed by atoms with van der Waals surface area (Å²) in [5, 5.41) is 0. The lowest BCUT2D eigenvalue weighted by Crippen LogP contribution is -2.53. The summed E-state index contributed by atoms with van der Waals surface area (Å²) in [7, 11) is 1.71. The first kappa shape index (κ1) is 14.5. The first-order chi connectivity index (χ1) is 8.46. The van der Waals surface area contributed by atoms with Gasteiger partial charge in [-0.15, -0.1) is 0 Å². The fourth-order valence-corrected chi connectivity index (χ4v) is 13.5. The molecule has 2 rings (SSSR count). The highest BCUT2D eigenvalue weighted by molar-refractivity contribution is 6.88. The van der Waals surface area contributed by atoms with Crippen molar-refractivity contribution in [1.82, 2.24) is 0 Å². The molecule has 0 saturated heterocycles. The van der Waals surface area contributed by atoms with Gasteiger partial charge in [0.1, 0.15) is 0 Å². The highest BCUT2D eigenvalue weighted by Crippen LogP contribution is 2.53. The maximum absolute atomic E-state index is 6.00. The van der Waals surface area contributed by atoms with Crippen LogP contribution in [-0.4, -0.2) is 38.2 Å². The van der Waals surface area contributed by atoms with Crippen LogP contribution in [0.4, 0.5) is 0 Å². The predicted molar refractivity (Wildman–Crippen MR) is 78.2 cm³/mol. The van der Waals surface area contributed by atoms with Crippen LogP contribution in [-0.2, 0) is 13.3 Å². The van der Waals surface area contributed by atoms with Gasteiger partial charge in [-0.05, 0) is 37.8 Å². The van der Waals surface area contributed by atoms with Gasteiger partial charge >= 0.3 is 8.56 Å². The summed E-state index contributed by atoms with van der Waals surface area (Å²) >= 11 is 0. The average molecular weight is 287 g/mol. The second-order valence-corrected chi connectivity index (χ2v) is 14.8. The molecule has 1 saturated carbocycles. The van der Waals surface area contributed by atoms with Gasteiger partial charge in [-0.1, -0.05) is 12.2 Å². The molecule has 3 unspecified atom stereocenters. The third-order valence-corrected chi connectivity index (χ3v) is 14.4. The molecule has 3 nitrogen and oxygen atoms in total. The third-order valence-electron chi connectivity index (χ3n) is 4.76. The van der Waals surface area contributed by atoms with E-state index in [1.807, 2.05) is 21.3 Å². The minimum Gasteiger partial charge on any atom is -0.421 e. The van der Waals surface area contributed by atoms with Gasteiger partial charge in [-0.25, -0.2) is 0 Å². The van der Waals surface area contributed by atoms with E-state index in [4.69, 9.17) is 13.3 Å². The molecule has 2 aliphatic carbocycles. The van der Waals surface area contributed by atoms with Crippen LogP contribution >= 0.6 is 0 Å². The highest BCUT2D eigenvalue weighted by atomic mass is 28.4. The van der Waals surface area contributed by atoms with Gasteiger partial charge in [0.2, 0.25) is 0 Å². The van der Waals surface area contributed by atoms with Crippen LogP contribution < -0.4 is 0 Å². The van der Waals surface area contributed by atoms with Crippen molar-refractivity contribution >= 4 is 16.9 Å². The van der Waals surface area contributed by atoms with Crippen LogP contribution in [0.15, 0.2) is 12.2 Å². The van der Waals surface area contributed by atoms with E-state index >= 15 is 0 Å². The van der Waals surface area contributed by atoms with Crippen LogP contribution in [0.2, 0.25) is 24.3 Å². The zero-order chi connectivity index (χ0) is 13.4. The number of allylic oxidation sites excluding steroid dienone is 2. The molecular weight excluding hydrogens is 260 g/mol. The molecule has 0 radical (unpaired) electrons. The molecule has 1 fully saturated rings. The van der Waals surface area contributed by atoms with Crippen molar-refractivity contribution in [2.75, 3.05) is 21.3 Å². The van der Waals surface area contributed by atoms with Crippen molar-refractivity contribution < 1.29 is 13.3 Å². The molecule has 2 aliphatic rings. The van der Waals surface area contributed by atoms with E-state index < -0.39 is 16.9 Å². The van der Waals surface area contributed by atoms with Crippen molar-refractivity contribution in [3.8, 4) is 0 Å². The zero-order valence-electron chi connectivity index (χ0n) is 12.2. The van der Waals surface area contributed by atoms with E-state index in [9.17, 15) is 0 Å². The van der Waals surface area contributed by atoms with E-state index in [1.54, 1.807) is 0 Å². The fourth-order valence-electron chi connectivity index (χ4n) is 3.61. The number of rotatable bonds is 6. The van der Waals surface area contributed by atoms with Crippen molar-refractivity contribution in [3.05, 3.63) is 12.2 Å². The third kappa shape index (κ3) is 2.51. The summed E-state index contributed by atoms with van der Waals surface area (Å²) in [4.78, 5) is 0. The summed E-state index contributed by atoms with van der Waals surface area (Å²) in [6, 6.07) is 0. The molecule has 0 aromatic rings. The van der Waals surface area contributed by atoms with Crippen LogP contribution in [0.3, 0.4) is 0 Å². The summed E-state index contributed by atoms with van der Waals surface area (Å²) in [6.07, 6.45) is 7.33. The standard InChI is InChI=1S/C13H26O3Si2/c1-14-17(4,5)10-18(15-2,16-3)13-9-11-6-7-12(13)8-11/h6-7,11-13H,8-10H2,1-5H3. The quantitative estimate of drug-likeness (QED) is 0.555. The van der Waals surface area contributed by atoms with Gasteiger partial charge in [0.25, 0.3) is 0 Å². The minimum atomic E-state index is -2.13. The van der Waals surface area contributed by atoms with Crippen LogP contribution in [0.5, 0.6) is 0 Å². The Morgan fingerprint density at radius 3 is 2.06 bits per heavy atom. The molecule has 2 bridgehead atoms. The van der Waals surface area contributed by atoms with E-state index in [1.165, 1.54) is 12.8 Å². The lowest BCUT2D eigenvalue weighted by atomic mass is 10.1. The van der Waals surface area contributed by atoms with Crippen molar-refractivity contribution in [3.63, 3.8) is 0 Å². The summed E-state index contributed by atoms with van der Waals surface area (Å²) < 4.78 is 17.7. The Labute approximate surface area is 113 Å². The Morgan fingerprint density at radius 2 is 1.67 bits per heavy atom. The summed E-state index contributed by atoms with van der Waals surface area (Å²) in [6.45, 7) is 4.52. The van der Waals surface area contributed by atoms with Crippen molar-refractivity contribution in [2.24, 2.45) is 11.8 Å². The Bertz CT molecular complexity index is 326. The molecular formula is C13H26O3Si2. The van der Waals surface area contributed by atoms with Crippen molar-refractivity contribution in [1.29, 1.82) is 0 Å². The molecule has 0 aliphatic heterocycles. The Balaban J connectivity index is 2.19. The van der Waals surface area contributed by atoms with E-state index in [-0.39, 0.29) is 0 Å². The second-order valence-electron chi connectivity index (χ2n) is 6.25. The van der Waals surface area contributed by atoms with E-state index in [0.29, 0.717) is 11.5 Å². The number of fused-ring (bicyclic) bond motifs is 2. The molecule has 104 valence electrons. The fraction of sp³-hybridized carbons (Fsp3) is 0.846. The molecule has 18 heavy (non-hydrogen) atoms. The topological polar surface area (TPSA) is 27.7 Å². The normalized spacial score (nSPS) is 31.3. The Kier molecular flexibility index (Phi) is 4.18. The van der Waals surface area contributed by atoms with Crippen molar-refractivity contribution in [2.45, 2.75) is 37.1 Å². The maximum Gasteiger partial charge on any atom is 0.340 e. The summed E-state index contributed by atoms with van der Waals surface area (Å²) in [5.74, 6) is 1.45. The van der Waals surface area contributed by atoms with Gasteiger partial charge in [0.15, 0.2) is 8.32 Å².